The van der Waals surface area contributed by atoms with Gasteiger partial charge < -0.3 is 9.67 Å². The molecule has 7 heteroatoms. The molecule has 5 nitrogen and oxygen atoms in total. The monoisotopic (exact) mass is 284 g/mol. The van der Waals surface area contributed by atoms with Crippen LogP contribution in [0.1, 0.15) is 11.3 Å². The quantitative estimate of drug-likeness (QED) is 0.910. The van der Waals surface area contributed by atoms with E-state index in [1.165, 1.54) is 36.0 Å². The molecule has 0 saturated carbocycles. The molecule has 0 spiro atoms. The summed E-state index contributed by atoms with van der Waals surface area (Å²) in [5.41, 5.74) is 0.475. The molecular weight excluding hydrogens is 271 g/mol. The predicted molar refractivity (Wildman–Crippen MR) is 66.4 cm³/mol. The van der Waals surface area contributed by atoms with Gasteiger partial charge in [-0.3, -0.25) is 0 Å². The number of aromatic nitrogens is 2. The lowest BCUT2D eigenvalue weighted by molar-refractivity contribution is 0.271. The summed E-state index contributed by atoms with van der Waals surface area (Å²) in [4.78, 5) is 3.78. The fourth-order valence-corrected chi connectivity index (χ4v) is 3.27. The molecule has 0 aliphatic heterocycles. The molecule has 0 atom stereocenters. The Balaban J connectivity index is 2.38. The van der Waals surface area contributed by atoms with Gasteiger partial charge in [0.1, 0.15) is 5.82 Å². The number of nitrogens with zero attached hydrogens (tertiary/aromatic N) is 2. The van der Waals surface area contributed by atoms with E-state index in [0.717, 1.165) is 0 Å². The van der Waals surface area contributed by atoms with Crippen molar-refractivity contribution in [2.75, 3.05) is 0 Å². The van der Waals surface area contributed by atoms with Gasteiger partial charge in [0, 0.05) is 12.6 Å². The number of sulfone groups is 1. The van der Waals surface area contributed by atoms with E-state index in [4.69, 9.17) is 5.11 Å². The maximum atomic E-state index is 13.5. The second kappa shape index (κ2) is 5.10. The third-order valence-electron chi connectivity index (χ3n) is 2.79. The molecule has 1 aromatic carbocycles. The molecule has 0 amide bonds. The number of imidazole rings is 1. The highest BCUT2D eigenvalue weighted by molar-refractivity contribution is 7.90. The number of rotatable bonds is 4. The van der Waals surface area contributed by atoms with Crippen LogP contribution in [0.25, 0.3) is 0 Å². The van der Waals surface area contributed by atoms with Crippen LogP contribution >= 0.6 is 0 Å². The number of benzene rings is 1. The van der Waals surface area contributed by atoms with Crippen molar-refractivity contribution in [2.24, 2.45) is 7.05 Å². The number of aliphatic hydroxyl groups excluding tert-OH is 1. The molecule has 0 aliphatic rings. The highest BCUT2D eigenvalue weighted by atomic mass is 32.2. The molecule has 2 rings (SSSR count). The number of aliphatic hydroxyl groups is 1. The van der Waals surface area contributed by atoms with Crippen LogP contribution in [0.4, 0.5) is 4.39 Å². The van der Waals surface area contributed by atoms with Crippen molar-refractivity contribution in [1.82, 2.24) is 9.55 Å². The van der Waals surface area contributed by atoms with E-state index in [9.17, 15) is 12.8 Å². The first-order valence-corrected chi connectivity index (χ1v) is 7.18. The van der Waals surface area contributed by atoms with E-state index in [1.807, 2.05) is 0 Å². The largest absolute Gasteiger partial charge is 0.390 e. The summed E-state index contributed by atoms with van der Waals surface area (Å²) >= 11 is 0. The van der Waals surface area contributed by atoms with Gasteiger partial charge >= 0.3 is 0 Å². The molecule has 2 aromatic rings. The summed E-state index contributed by atoms with van der Waals surface area (Å²) in [5.74, 6) is -1.03. The zero-order valence-corrected chi connectivity index (χ0v) is 11.1. The molecule has 0 aliphatic carbocycles. The standard InChI is InChI=1S/C12H13FN2O3S/c1-15-10(7-16)6-14-12(15)19(17,18)8-9-4-2-3-5-11(9)13/h2-6,16H,7-8H2,1H3. The van der Waals surface area contributed by atoms with Crippen LogP contribution in [-0.2, 0) is 29.2 Å². The Bertz CT molecular complexity index is 695. The maximum Gasteiger partial charge on any atom is 0.227 e. The van der Waals surface area contributed by atoms with Gasteiger partial charge in [-0.05, 0) is 6.07 Å². The van der Waals surface area contributed by atoms with Gasteiger partial charge in [-0.1, -0.05) is 18.2 Å². The van der Waals surface area contributed by atoms with Crippen molar-refractivity contribution in [3.8, 4) is 0 Å². The molecule has 1 N–H and O–H groups in total. The molecule has 0 unspecified atom stereocenters. The highest BCUT2D eigenvalue weighted by Crippen LogP contribution is 2.18. The Kier molecular flexibility index (Phi) is 3.68. The normalized spacial score (nSPS) is 11.7. The first-order chi connectivity index (χ1) is 8.95. The Labute approximate surface area is 110 Å². The SMILES string of the molecule is Cn1c(CO)cnc1S(=O)(=O)Cc1ccccc1F. The lowest BCUT2D eigenvalue weighted by Crippen LogP contribution is -2.13. The van der Waals surface area contributed by atoms with Gasteiger partial charge in [-0.25, -0.2) is 17.8 Å². The van der Waals surface area contributed by atoms with Crippen molar-refractivity contribution in [2.45, 2.75) is 17.5 Å². The highest BCUT2D eigenvalue weighted by Gasteiger charge is 2.23. The van der Waals surface area contributed by atoms with E-state index >= 15 is 0 Å². The van der Waals surface area contributed by atoms with E-state index < -0.39 is 21.4 Å². The molecule has 102 valence electrons. The van der Waals surface area contributed by atoms with Crippen LogP contribution in [0, 0.1) is 5.82 Å². The number of halogens is 1. The molecule has 0 radical (unpaired) electrons. The second-order valence-electron chi connectivity index (χ2n) is 4.10. The van der Waals surface area contributed by atoms with Crippen LogP contribution in [0.15, 0.2) is 35.6 Å². The Hall–Kier alpha value is -1.73. The molecular formula is C12H13FN2O3S. The Morgan fingerprint density at radius 2 is 2.05 bits per heavy atom. The Morgan fingerprint density at radius 1 is 1.37 bits per heavy atom. The first-order valence-electron chi connectivity index (χ1n) is 5.53. The third-order valence-corrected chi connectivity index (χ3v) is 4.41. The van der Waals surface area contributed by atoms with Gasteiger partial charge in [-0.2, -0.15) is 0 Å². The smallest absolute Gasteiger partial charge is 0.227 e. The average molecular weight is 284 g/mol. The Morgan fingerprint density at radius 3 is 2.63 bits per heavy atom. The second-order valence-corrected chi connectivity index (χ2v) is 5.98. The van der Waals surface area contributed by atoms with Crippen LogP contribution in [0.3, 0.4) is 0 Å². The molecule has 1 aromatic heterocycles. The van der Waals surface area contributed by atoms with Crippen LogP contribution < -0.4 is 0 Å². The van der Waals surface area contributed by atoms with Crippen LogP contribution in [0.5, 0.6) is 0 Å². The lowest BCUT2D eigenvalue weighted by Gasteiger charge is -2.06. The number of hydrogen-bond donors (Lipinski definition) is 1. The number of hydrogen-bond acceptors (Lipinski definition) is 4. The summed E-state index contributed by atoms with van der Waals surface area (Å²) in [7, 11) is -2.26. The fraction of sp³-hybridized carbons (Fsp3) is 0.250. The van der Waals surface area contributed by atoms with Gasteiger partial charge in [0.05, 0.1) is 24.3 Å². The first kappa shape index (κ1) is 13.7. The van der Waals surface area contributed by atoms with E-state index in [0.29, 0.717) is 5.69 Å². The third kappa shape index (κ3) is 2.66. The molecule has 0 bridgehead atoms. The maximum absolute atomic E-state index is 13.5. The molecule has 1 heterocycles. The van der Waals surface area contributed by atoms with Gasteiger partial charge in [-0.15, -0.1) is 0 Å². The average Bonchev–Trinajstić information content (AvgIpc) is 2.74. The van der Waals surface area contributed by atoms with E-state index in [1.54, 1.807) is 6.07 Å². The minimum atomic E-state index is -3.76. The van der Waals surface area contributed by atoms with Crippen LogP contribution in [0.2, 0.25) is 0 Å². The summed E-state index contributed by atoms with van der Waals surface area (Å²) in [6.45, 7) is -0.307. The van der Waals surface area contributed by atoms with Gasteiger partial charge in [0.25, 0.3) is 0 Å². The van der Waals surface area contributed by atoms with Crippen molar-refractivity contribution >= 4 is 9.84 Å². The summed E-state index contributed by atoms with van der Waals surface area (Å²) in [5, 5.41) is 8.83. The molecule has 0 saturated heterocycles. The fourth-order valence-electron chi connectivity index (χ4n) is 1.75. The van der Waals surface area contributed by atoms with Crippen molar-refractivity contribution in [3.05, 3.63) is 47.5 Å². The van der Waals surface area contributed by atoms with Gasteiger partial charge in [0.2, 0.25) is 15.0 Å². The lowest BCUT2D eigenvalue weighted by atomic mass is 10.2. The van der Waals surface area contributed by atoms with E-state index in [-0.39, 0.29) is 17.3 Å². The van der Waals surface area contributed by atoms with Crippen molar-refractivity contribution in [1.29, 1.82) is 0 Å². The topological polar surface area (TPSA) is 72.2 Å². The molecule has 19 heavy (non-hydrogen) atoms. The minimum absolute atomic E-state index is 0.0936. The summed E-state index contributed by atoms with van der Waals surface area (Å²) < 4.78 is 39.1. The summed E-state index contributed by atoms with van der Waals surface area (Å²) in [6, 6.07) is 5.70. The van der Waals surface area contributed by atoms with Crippen molar-refractivity contribution in [3.63, 3.8) is 0 Å². The van der Waals surface area contributed by atoms with Crippen LogP contribution in [-0.4, -0.2) is 23.1 Å². The van der Waals surface area contributed by atoms with E-state index in [2.05, 4.69) is 4.98 Å². The van der Waals surface area contributed by atoms with Crippen molar-refractivity contribution < 1.29 is 17.9 Å². The summed E-state index contributed by atoms with van der Waals surface area (Å²) in [6.07, 6.45) is 1.29. The minimum Gasteiger partial charge on any atom is -0.390 e. The predicted octanol–water partition coefficient (Wildman–Crippen LogP) is 1.03. The molecule has 0 fully saturated rings. The zero-order chi connectivity index (χ0) is 14.0. The van der Waals surface area contributed by atoms with Gasteiger partial charge in [0.15, 0.2) is 0 Å². The zero-order valence-electron chi connectivity index (χ0n) is 10.2.